The Morgan fingerprint density at radius 3 is 1.53 bits per heavy atom. The van der Waals surface area contributed by atoms with Gasteiger partial charge in [-0.1, -0.05) is 32.0 Å². The number of aryl methyl sites for hydroxylation is 2. The molecule has 4 nitrogen and oxygen atoms in total. The van der Waals surface area contributed by atoms with Gasteiger partial charge in [-0.15, -0.1) is 0 Å². The first-order chi connectivity index (χ1) is 8.12. The number of nitrogens with one attached hydrogen (secondary N) is 2. The van der Waals surface area contributed by atoms with E-state index in [0.29, 0.717) is 0 Å². The van der Waals surface area contributed by atoms with Crippen LogP contribution in [0.4, 0.5) is 0 Å². The lowest BCUT2D eigenvalue weighted by atomic mass is 9.99. The highest BCUT2D eigenvalue weighted by Gasteiger charge is 1.98. The van der Waals surface area contributed by atoms with Crippen LogP contribution >= 0.6 is 0 Å². The molecular weight excluding hydrogens is 216 g/mol. The fraction of sp³-hybridized carbons (Fsp3) is 0.385. The number of benzene rings is 1. The Labute approximate surface area is 102 Å². The fourth-order valence-corrected chi connectivity index (χ4v) is 1.50. The van der Waals surface area contributed by atoms with E-state index in [1.165, 1.54) is 16.7 Å². The summed E-state index contributed by atoms with van der Waals surface area (Å²) < 4.78 is 0. The molecule has 0 saturated heterocycles. The fourth-order valence-electron chi connectivity index (χ4n) is 1.50. The van der Waals surface area contributed by atoms with Crippen LogP contribution in [0.15, 0.2) is 18.2 Å². The van der Waals surface area contributed by atoms with E-state index >= 15 is 0 Å². The number of hydrogen-bond acceptors (Lipinski definition) is 4. The van der Waals surface area contributed by atoms with Crippen LogP contribution in [0.5, 0.6) is 0 Å². The van der Waals surface area contributed by atoms with E-state index in [0.717, 1.165) is 25.0 Å². The average Bonchev–Trinajstić information content (AvgIpc) is 2.31. The minimum Gasteiger partial charge on any atom is -0.222 e. The van der Waals surface area contributed by atoms with Crippen molar-refractivity contribution < 1.29 is 9.59 Å². The van der Waals surface area contributed by atoms with Gasteiger partial charge >= 0.3 is 0 Å². The Kier molecular flexibility index (Phi) is 12.3. The molecule has 0 saturated carbocycles. The van der Waals surface area contributed by atoms with Crippen LogP contribution in [0.1, 0.15) is 30.5 Å². The summed E-state index contributed by atoms with van der Waals surface area (Å²) in [6.07, 6.45) is 3.80. The van der Waals surface area contributed by atoms with Crippen LogP contribution in [-0.4, -0.2) is 12.2 Å². The van der Waals surface area contributed by atoms with Crippen molar-refractivity contribution in [2.75, 3.05) is 0 Å². The van der Waals surface area contributed by atoms with Crippen LogP contribution in [0.25, 0.3) is 0 Å². The first kappa shape index (κ1) is 17.4. The maximum Gasteiger partial charge on any atom is 0.231 e. The quantitative estimate of drug-likeness (QED) is 0.609. The van der Waals surface area contributed by atoms with Crippen LogP contribution in [0, 0.1) is 17.7 Å². The molecular formula is C13H18N2O2. The summed E-state index contributed by atoms with van der Waals surface area (Å²) in [5.41, 5.74) is 4.46. The Morgan fingerprint density at radius 1 is 1.00 bits per heavy atom. The topological polar surface area (TPSA) is 81.8 Å². The smallest absolute Gasteiger partial charge is 0.222 e. The number of carbonyl (C=O) groups excluding carboxylic acids is 2. The molecule has 0 unspecified atom stereocenters. The van der Waals surface area contributed by atoms with Crippen LogP contribution in [0.3, 0.4) is 0 Å². The highest BCUT2D eigenvalue weighted by molar-refractivity contribution is 5.33. The molecule has 1 rings (SSSR count). The van der Waals surface area contributed by atoms with E-state index in [2.05, 4.69) is 39.0 Å². The Hall–Kier alpha value is -2.02. The second kappa shape index (κ2) is 12.1. The highest BCUT2D eigenvalue weighted by Crippen LogP contribution is 2.14. The third-order valence-electron chi connectivity index (χ3n) is 2.32. The average molecular weight is 234 g/mol. The maximum atomic E-state index is 8.35. The molecule has 0 bridgehead atoms. The highest BCUT2D eigenvalue weighted by atomic mass is 16.1. The second-order valence-corrected chi connectivity index (χ2v) is 3.11. The largest absolute Gasteiger partial charge is 0.231 e. The number of rotatable bonds is 2. The lowest BCUT2D eigenvalue weighted by molar-refractivity contribution is 0.562. The minimum atomic E-state index is 0.750. The van der Waals surface area contributed by atoms with Crippen molar-refractivity contribution in [1.29, 1.82) is 10.8 Å². The molecule has 0 fully saturated rings. The van der Waals surface area contributed by atoms with Gasteiger partial charge in [0.1, 0.15) is 0 Å². The van der Waals surface area contributed by atoms with Gasteiger partial charge in [0, 0.05) is 0 Å². The molecule has 92 valence electrons. The summed E-state index contributed by atoms with van der Waals surface area (Å²) in [5.74, 6) is 0. The van der Waals surface area contributed by atoms with Crippen molar-refractivity contribution in [3.63, 3.8) is 0 Å². The zero-order valence-corrected chi connectivity index (χ0v) is 10.5. The van der Waals surface area contributed by atoms with Crippen LogP contribution < -0.4 is 0 Å². The molecule has 0 aliphatic heterocycles. The monoisotopic (exact) mass is 234 g/mol. The molecule has 0 spiro atoms. The predicted molar refractivity (Wildman–Crippen MR) is 66.8 cm³/mol. The summed E-state index contributed by atoms with van der Waals surface area (Å²) in [7, 11) is 0. The van der Waals surface area contributed by atoms with Crippen molar-refractivity contribution in [3.05, 3.63) is 34.9 Å². The minimum absolute atomic E-state index is 0.750. The molecule has 0 amide bonds. The second-order valence-electron chi connectivity index (χ2n) is 3.11. The van der Waals surface area contributed by atoms with E-state index in [-0.39, 0.29) is 0 Å². The Bertz CT molecular complexity index is 354. The van der Waals surface area contributed by atoms with E-state index in [1.54, 1.807) is 0 Å². The third kappa shape index (κ3) is 7.86. The van der Waals surface area contributed by atoms with Gasteiger partial charge in [0.05, 0.1) is 0 Å². The maximum absolute atomic E-state index is 8.35. The van der Waals surface area contributed by atoms with Gasteiger partial charge in [-0.25, -0.2) is 20.4 Å². The van der Waals surface area contributed by atoms with E-state index < -0.39 is 0 Å². The first-order valence-corrected chi connectivity index (χ1v) is 5.27. The molecule has 4 heteroatoms. The summed E-state index contributed by atoms with van der Waals surface area (Å²) >= 11 is 0. The molecule has 17 heavy (non-hydrogen) atoms. The Balaban J connectivity index is 0. The van der Waals surface area contributed by atoms with Gasteiger partial charge < -0.3 is 0 Å². The molecule has 1 aromatic carbocycles. The van der Waals surface area contributed by atoms with Crippen LogP contribution in [-0.2, 0) is 22.4 Å². The molecule has 0 atom stereocenters. The first-order valence-electron chi connectivity index (χ1n) is 5.27. The summed E-state index contributed by atoms with van der Waals surface area (Å²) in [6, 6.07) is 6.59. The van der Waals surface area contributed by atoms with E-state index in [1.807, 2.05) is 0 Å². The SMILES string of the molecule is CCc1cccc(CC)c1C.N=C=O.N=C=O. The zero-order valence-electron chi connectivity index (χ0n) is 10.5. The van der Waals surface area contributed by atoms with Crippen molar-refractivity contribution >= 4 is 12.2 Å². The molecule has 0 aliphatic carbocycles. The van der Waals surface area contributed by atoms with Gasteiger partial charge in [-0.05, 0) is 36.5 Å². The molecule has 0 radical (unpaired) electrons. The summed E-state index contributed by atoms with van der Waals surface area (Å²) in [4.78, 5) is 16.7. The van der Waals surface area contributed by atoms with Crippen LogP contribution in [0.2, 0.25) is 0 Å². The number of isocyanates is 2. The van der Waals surface area contributed by atoms with Gasteiger partial charge in [0.25, 0.3) is 0 Å². The number of hydrogen-bond donors (Lipinski definition) is 2. The van der Waals surface area contributed by atoms with E-state index in [9.17, 15) is 0 Å². The lowest BCUT2D eigenvalue weighted by Gasteiger charge is -2.06. The van der Waals surface area contributed by atoms with Crippen molar-refractivity contribution in [2.24, 2.45) is 0 Å². The lowest BCUT2D eigenvalue weighted by Crippen LogP contribution is -1.91. The standard InChI is InChI=1S/C11H16.2CHNO/c1-4-10-7-6-8-11(5-2)9(10)3;2*2-1-3/h6-8H,4-5H2,1-3H3;2*2H. The predicted octanol–water partition coefficient (Wildman–Crippen LogP) is 2.92. The molecule has 0 heterocycles. The third-order valence-corrected chi connectivity index (χ3v) is 2.32. The van der Waals surface area contributed by atoms with Crippen molar-refractivity contribution in [1.82, 2.24) is 0 Å². The van der Waals surface area contributed by atoms with Crippen molar-refractivity contribution in [3.8, 4) is 0 Å². The zero-order chi connectivity index (χ0) is 13.7. The van der Waals surface area contributed by atoms with Gasteiger partial charge in [-0.2, -0.15) is 0 Å². The van der Waals surface area contributed by atoms with Gasteiger partial charge in [-0.3, -0.25) is 0 Å². The van der Waals surface area contributed by atoms with Crippen molar-refractivity contribution in [2.45, 2.75) is 33.6 Å². The molecule has 0 aromatic heterocycles. The van der Waals surface area contributed by atoms with Gasteiger partial charge in [0.15, 0.2) is 0 Å². The molecule has 0 aliphatic rings. The summed E-state index contributed by atoms with van der Waals surface area (Å²) in [6.45, 7) is 6.64. The molecule has 1 aromatic rings. The molecule has 2 N–H and O–H groups in total. The van der Waals surface area contributed by atoms with Gasteiger partial charge in [0.2, 0.25) is 12.2 Å². The normalized spacial score (nSPS) is 7.47. The Morgan fingerprint density at radius 2 is 1.29 bits per heavy atom. The summed E-state index contributed by atoms with van der Waals surface area (Å²) in [5, 5.41) is 10.8. The van der Waals surface area contributed by atoms with E-state index in [4.69, 9.17) is 20.4 Å².